The Hall–Kier alpha value is -1.50. The van der Waals surface area contributed by atoms with Crippen molar-refractivity contribution in [3.8, 4) is 11.5 Å². The van der Waals surface area contributed by atoms with Crippen LogP contribution < -0.4 is 9.47 Å². The fourth-order valence-electron chi connectivity index (χ4n) is 4.11. The fourth-order valence-corrected chi connectivity index (χ4v) is 4.40. The minimum atomic E-state index is -0.720. The van der Waals surface area contributed by atoms with E-state index in [1.807, 2.05) is 12.1 Å². The van der Waals surface area contributed by atoms with Crippen LogP contribution in [0.2, 0.25) is 5.02 Å². The topological polar surface area (TPSA) is 68.2 Å². The first-order valence-corrected chi connectivity index (χ1v) is 8.81. The van der Waals surface area contributed by atoms with E-state index in [-0.39, 0.29) is 11.3 Å². The number of hydrogen-bond donors (Lipinski definition) is 1. The van der Waals surface area contributed by atoms with E-state index in [9.17, 15) is 9.90 Å². The van der Waals surface area contributed by atoms with Crippen molar-refractivity contribution in [1.29, 1.82) is 0 Å². The van der Waals surface area contributed by atoms with Crippen LogP contribution in [0.15, 0.2) is 12.1 Å². The van der Waals surface area contributed by atoms with Gasteiger partial charge in [0.05, 0.1) is 25.2 Å². The van der Waals surface area contributed by atoms with Crippen molar-refractivity contribution in [2.45, 2.75) is 19.4 Å². The minimum absolute atomic E-state index is 0.201. The molecule has 0 aromatic heterocycles. The second kappa shape index (κ2) is 7.40. The molecule has 1 unspecified atom stereocenters. The van der Waals surface area contributed by atoms with E-state index in [1.165, 1.54) is 0 Å². The summed E-state index contributed by atoms with van der Waals surface area (Å²) in [4.78, 5) is 14.0. The molecule has 25 heavy (non-hydrogen) atoms. The van der Waals surface area contributed by atoms with Gasteiger partial charge in [-0.05, 0) is 24.5 Å². The SMILES string of the molecule is COc1ccc(CN2CC(C(=O)O)C3(CCOCC3)C2)c(Cl)c1OC. The summed E-state index contributed by atoms with van der Waals surface area (Å²) < 4.78 is 16.1. The number of rotatable bonds is 5. The number of carbonyl (C=O) groups is 1. The third-order valence-electron chi connectivity index (χ3n) is 5.46. The number of carboxylic acids is 1. The van der Waals surface area contributed by atoms with Crippen LogP contribution in [0.25, 0.3) is 0 Å². The van der Waals surface area contributed by atoms with Crippen LogP contribution in [-0.2, 0) is 16.1 Å². The zero-order valence-electron chi connectivity index (χ0n) is 14.6. The van der Waals surface area contributed by atoms with Crippen LogP contribution >= 0.6 is 11.6 Å². The molecule has 2 saturated heterocycles. The van der Waals surface area contributed by atoms with Gasteiger partial charge in [-0.3, -0.25) is 9.69 Å². The van der Waals surface area contributed by atoms with Crippen molar-refractivity contribution in [2.24, 2.45) is 11.3 Å². The quantitative estimate of drug-likeness (QED) is 0.860. The Kier molecular flexibility index (Phi) is 5.41. The lowest BCUT2D eigenvalue weighted by Gasteiger charge is -2.36. The van der Waals surface area contributed by atoms with Crippen LogP contribution in [-0.4, -0.2) is 56.5 Å². The van der Waals surface area contributed by atoms with Crippen molar-refractivity contribution in [2.75, 3.05) is 40.5 Å². The Balaban J connectivity index is 1.81. The van der Waals surface area contributed by atoms with E-state index in [4.69, 9.17) is 25.8 Å². The molecule has 2 heterocycles. The summed E-state index contributed by atoms with van der Waals surface area (Å²) in [6.07, 6.45) is 1.58. The molecule has 2 fully saturated rings. The smallest absolute Gasteiger partial charge is 0.308 e. The van der Waals surface area contributed by atoms with Gasteiger partial charge in [0, 0.05) is 38.3 Å². The van der Waals surface area contributed by atoms with Gasteiger partial charge in [-0.15, -0.1) is 0 Å². The lowest BCUT2D eigenvalue weighted by atomic mass is 9.72. The van der Waals surface area contributed by atoms with E-state index in [1.54, 1.807) is 14.2 Å². The maximum absolute atomic E-state index is 11.8. The van der Waals surface area contributed by atoms with Crippen LogP contribution in [0.3, 0.4) is 0 Å². The lowest BCUT2D eigenvalue weighted by molar-refractivity contribution is -0.147. The second-order valence-electron chi connectivity index (χ2n) is 6.81. The highest BCUT2D eigenvalue weighted by atomic mass is 35.5. The molecule has 0 radical (unpaired) electrons. The lowest BCUT2D eigenvalue weighted by Crippen LogP contribution is -2.40. The maximum atomic E-state index is 11.8. The molecular formula is C18H24ClNO5. The van der Waals surface area contributed by atoms with Crippen molar-refractivity contribution in [1.82, 2.24) is 4.90 Å². The molecule has 7 heteroatoms. The van der Waals surface area contributed by atoms with Gasteiger partial charge >= 0.3 is 5.97 Å². The second-order valence-corrected chi connectivity index (χ2v) is 7.19. The number of methoxy groups -OCH3 is 2. The largest absolute Gasteiger partial charge is 0.493 e. The normalized spacial score (nSPS) is 22.9. The molecule has 0 aliphatic carbocycles. The Morgan fingerprint density at radius 1 is 1.36 bits per heavy atom. The Morgan fingerprint density at radius 3 is 2.68 bits per heavy atom. The van der Waals surface area contributed by atoms with E-state index in [2.05, 4.69) is 4.90 Å². The minimum Gasteiger partial charge on any atom is -0.493 e. The van der Waals surface area contributed by atoms with Crippen LogP contribution in [0.5, 0.6) is 11.5 Å². The van der Waals surface area contributed by atoms with Gasteiger partial charge in [0.1, 0.15) is 0 Å². The molecule has 2 aliphatic heterocycles. The molecule has 138 valence electrons. The van der Waals surface area contributed by atoms with Gasteiger partial charge in [0.15, 0.2) is 11.5 Å². The number of halogens is 1. The average Bonchev–Trinajstić information content (AvgIpc) is 2.94. The first-order valence-electron chi connectivity index (χ1n) is 8.43. The van der Waals surface area contributed by atoms with Gasteiger partial charge in [-0.1, -0.05) is 17.7 Å². The predicted molar refractivity (Wildman–Crippen MR) is 93.4 cm³/mol. The monoisotopic (exact) mass is 369 g/mol. The van der Waals surface area contributed by atoms with E-state index < -0.39 is 5.97 Å². The third-order valence-corrected chi connectivity index (χ3v) is 5.88. The van der Waals surface area contributed by atoms with Crippen molar-refractivity contribution in [3.63, 3.8) is 0 Å². The highest BCUT2D eigenvalue weighted by molar-refractivity contribution is 6.33. The van der Waals surface area contributed by atoms with Crippen LogP contribution in [0.1, 0.15) is 18.4 Å². The molecule has 3 rings (SSSR count). The van der Waals surface area contributed by atoms with Gasteiger partial charge < -0.3 is 19.3 Å². The summed E-state index contributed by atoms with van der Waals surface area (Å²) in [5, 5.41) is 10.2. The van der Waals surface area contributed by atoms with E-state index in [0.717, 1.165) is 24.9 Å². The highest BCUT2D eigenvalue weighted by Gasteiger charge is 2.50. The summed E-state index contributed by atoms with van der Waals surface area (Å²) in [6.45, 7) is 3.13. The first-order chi connectivity index (χ1) is 12.0. The zero-order valence-corrected chi connectivity index (χ0v) is 15.3. The Morgan fingerprint density at radius 2 is 2.08 bits per heavy atom. The first kappa shape index (κ1) is 18.3. The summed E-state index contributed by atoms with van der Waals surface area (Å²) in [6, 6.07) is 3.74. The highest BCUT2D eigenvalue weighted by Crippen LogP contribution is 2.45. The molecule has 6 nitrogen and oxygen atoms in total. The molecule has 1 N–H and O–H groups in total. The zero-order chi connectivity index (χ0) is 18.0. The molecule has 1 aromatic carbocycles. The molecule has 1 spiro atoms. The van der Waals surface area contributed by atoms with Crippen LogP contribution in [0, 0.1) is 11.3 Å². The van der Waals surface area contributed by atoms with Gasteiger partial charge in [-0.25, -0.2) is 0 Å². The molecule has 0 saturated carbocycles. The molecular weight excluding hydrogens is 346 g/mol. The summed E-state index contributed by atoms with van der Waals surface area (Å²) in [7, 11) is 3.13. The molecule has 1 atom stereocenters. The number of ether oxygens (including phenoxy) is 3. The van der Waals surface area contributed by atoms with Gasteiger partial charge in [0.25, 0.3) is 0 Å². The molecule has 0 bridgehead atoms. The van der Waals surface area contributed by atoms with E-state index in [0.29, 0.717) is 42.8 Å². The number of aliphatic carboxylic acids is 1. The standard InChI is InChI=1S/C18H24ClNO5/c1-23-14-4-3-12(15(19)16(14)24-2)9-20-10-13(17(21)22)18(11-20)5-7-25-8-6-18/h3-4,13H,5-11H2,1-2H3,(H,21,22). The van der Waals surface area contributed by atoms with Gasteiger partial charge in [0.2, 0.25) is 0 Å². The molecule has 0 amide bonds. The summed E-state index contributed by atoms with van der Waals surface area (Å²) in [5.41, 5.74) is 0.709. The van der Waals surface area contributed by atoms with Crippen molar-refractivity contribution in [3.05, 3.63) is 22.7 Å². The predicted octanol–water partition coefficient (Wildman–Crippen LogP) is 2.67. The third kappa shape index (κ3) is 3.43. The van der Waals surface area contributed by atoms with Gasteiger partial charge in [-0.2, -0.15) is 0 Å². The number of likely N-dealkylation sites (tertiary alicyclic amines) is 1. The summed E-state index contributed by atoms with van der Waals surface area (Å²) in [5.74, 6) is 0.0107. The average molecular weight is 370 g/mol. The maximum Gasteiger partial charge on any atom is 0.308 e. The number of carboxylic acid groups (broad SMARTS) is 1. The summed E-state index contributed by atoms with van der Waals surface area (Å²) >= 11 is 6.48. The van der Waals surface area contributed by atoms with Crippen molar-refractivity contribution >= 4 is 17.6 Å². The number of benzene rings is 1. The Bertz CT molecular complexity index is 645. The van der Waals surface area contributed by atoms with Crippen LogP contribution in [0.4, 0.5) is 0 Å². The Labute approximate surface area is 152 Å². The number of nitrogens with zero attached hydrogens (tertiary/aromatic N) is 1. The molecule has 2 aliphatic rings. The molecule has 1 aromatic rings. The fraction of sp³-hybridized carbons (Fsp3) is 0.611. The van der Waals surface area contributed by atoms with Crippen molar-refractivity contribution < 1.29 is 24.1 Å². The number of hydrogen-bond acceptors (Lipinski definition) is 5. The van der Waals surface area contributed by atoms with E-state index >= 15 is 0 Å².